The van der Waals surface area contributed by atoms with Crippen LogP contribution in [0.15, 0.2) is 30.3 Å². The summed E-state index contributed by atoms with van der Waals surface area (Å²) in [6, 6.07) is 9.52. The molecule has 1 rings (SSSR count). The molecule has 0 aliphatic rings. The summed E-state index contributed by atoms with van der Waals surface area (Å²) in [5.74, 6) is 0. The molecule has 0 amide bonds. The van der Waals surface area contributed by atoms with E-state index in [9.17, 15) is 25.2 Å². The smallest absolute Gasteiger partial charge is 0.392 e. The fraction of sp³-hybridized carbons (Fsp3) is 0.143. The topological polar surface area (TPSA) is 20.2 Å². The fourth-order valence-corrected chi connectivity index (χ4v) is 0.583. The van der Waals surface area contributed by atoms with Gasteiger partial charge in [0.1, 0.15) is 0 Å². The van der Waals surface area contributed by atoms with Crippen molar-refractivity contribution >= 4 is 7.81 Å². The molecule has 0 aliphatic carbocycles. The van der Waals surface area contributed by atoms with Crippen LogP contribution in [0.4, 0.5) is 25.2 Å². The molecule has 0 saturated carbocycles. The molecule has 1 aromatic carbocycles. The number of halogens is 6. The molecule has 0 spiro atoms. The van der Waals surface area contributed by atoms with Crippen LogP contribution in [0, 0.1) is 0 Å². The summed E-state index contributed by atoms with van der Waals surface area (Å²) in [6.45, 7) is 0.140. The standard InChI is InChI=1S/C7H8O.F6P/c8-6-7-4-2-1-3-5-7;1-7(2,3,4,5)6/h1-5,8H,6H2;/q;-1/p+1. The van der Waals surface area contributed by atoms with Gasteiger partial charge in [-0.3, -0.25) is 0 Å². The van der Waals surface area contributed by atoms with Gasteiger partial charge < -0.3 is 5.11 Å². The van der Waals surface area contributed by atoms with Crippen molar-refractivity contribution in [2.45, 2.75) is 6.61 Å². The van der Waals surface area contributed by atoms with Crippen molar-refractivity contribution in [2.75, 3.05) is 0 Å². The number of hydrogen-bond acceptors (Lipinski definition) is 1. The molecule has 8 heteroatoms. The normalized spacial score (nSPS) is 15.7. The van der Waals surface area contributed by atoms with Gasteiger partial charge >= 0.3 is 34.4 Å². The summed E-state index contributed by atoms with van der Waals surface area (Å²) in [4.78, 5) is 0. The van der Waals surface area contributed by atoms with Crippen molar-refractivity contribution < 1.29 is 31.7 Å². The van der Waals surface area contributed by atoms with E-state index in [0.717, 1.165) is 5.56 Å². The van der Waals surface area contributed by atoms with Gasteiger partial charge in [-0.15, -0.1) is 0 Å². The Morgan fingerprint density at radius 3 is 1.47 bits per heavy atom. The van der Waals surface area contributed by atoms with Gasteiger partial charge in [-0.05, 0) is 5.56 Å². The van der Waals surface area contributed by atoms with Crippen LogP contribution in [0.1, 0.15) is 6.99 Å². The van der Waals surface area contributed by atoms with Gasteiger partial charge in [-0.25, -0.2) is 0 Å². The quantitative estimate of drug-likeness (QED) is 0.570. The molecule has 0 fully saturated rings. The van der Waals surface area contributed by atoms with Crippen molar-refractivity contribution in [3.63, 3.8) is 0 Å². The molecular weight excluding hydrogens is 245 g/mol. The third-order valence-electron chi connectivity index (χ3n) is 1.03. The molecule has 1 nitrogen and oxygen atoms in total. The molecule has 0 bridgehead atoms. The van der Waals surface area contributed by atoms with Crippen LogP contribution >= 0.6 is 7.81 Å². The number of aliphatic hydroxyl groups excluding tert-OH is 1. The molecule has 0 aliphatic heterocycles. The minimum atomic E-state index is -10.7. The van der Waals surface area contributed by atoms with Crippen molar-refractivity contribution in [3.8, 4) is 0 Å². The third kappa shape index (κ3) is 19.6. The van der Waals surface area contributed by atoms with E-state index < -0.39 is 7.81 Å². The Balaban J connectivity index is 0. The maximum absolute atomic E-state index is 10.7. The van der Waals surface area contributed by atoms with E-state index in [-0.39, 0.29) is 8.03 Å². The van der Waals surface area contributed by atoms with Crippen LogP contribution in [0.5, 0.6) is 0 Å². The Bertz CT molecular complexity index is 297. The first kappa shape index (κ1) is 14.2. The molecule has 0 aromatic heterocycles. The van der Waals surface area contributed by atoms with Crippen molar-refractivity contribution in [3.05, 3.63) is 35.9 Å². The van der Waals surface area contributed by atoms with E-state index in [1.54, 1.807) is 0 Å². The minimum absolute atomic E-state index is 0. The zero-order valence-corrected chi connectivity index (χ0v) is 8.15. The fourth-order valence-electron chi connectivity index (χ4n) is 0.583. The second-order valence-electron chi connectivity index (χ2n) is 2.60. The Hall–Kier alpha value is -0.810. The maximum atomic E-state index is 9.87. The van der Waals surface area contributed by atoms with Gasteiger partial charge in [-0.2, -0.15) is 0 Å². The average Bonchev–Trinajstić information content (AvgIpc) is 2.00. The van der Waals surface area contributed by atoms with Crippen molar-refractivity contribution in [1.82, 2.24) is 0 Å². The van der Waals surface area contributed by atoms with Crippen LogP contribution in [0.3, 0.4) is 0 Å². The predicted octanol–water partition coefficient (Wildman–Crippen LogP) is 4.67. The number of benzene rings is 1. The largest absolute Gasteiger partial charge is 1.00 e. The van der Waals surface area contributed by atoms with Crippen molar-refractivity contribution in [2.24, 2.45) is 0 Å². The van der Waals surface area contributed by atoms with Crippen LogP contribution in [0.2, 0.25) is 0 Å². The summed E-state index contributed by atoms with van der Waals surface area (Å²) < 4.78 is 59.2. The summed E-state index contributed by atoms with van der Waals surface area (Å²) in [5.41, 5.74) is 0.965. The van der Waals surface area contributed by atoms with Crippen LogP contribution in [0.25, 0.3) is 0 Å². The van der Waals surface area contributed by atoms with Crippen LogP contribution in [-0.2, 0) is 6.61 Å². The van der Waals surface area contributed by atoms with Crippen LogP contribution in [-0.4, -0.2) is 5.11 Å². The van der Waals surface area contributed by atoms with E-state index in [0.29, 0.717) is 0 Å². The first-order valence-corrected chi connectivity index (χ1v) is 5.62. The van der Waals surface area contributed by atoms with E-state index in [1.165, 1.54) is 0 Å². The Morgan fingerprint density at radius 2 is 1.27 bits per heavy atom. The van der Waals surface area contributed by atoms with Crippen LogP contribution < -0.4 is 0 Å². The van der Waals surface area contributed by atoms with Gasteiger partial charge in [0.25, 0.3) is 0 Å². The summed E-state index contributed by atoms with van der Waals surface area (Å²) in [6.07, 6.45) is 0. The average molecular weight is 254 g/mol. The van der Waals surface area contributed by atoms with E-state index in [2.05, 4.69) is 0 Å². The molecule has 1 aromatic rings. The summed E-state index contributed by atoms with van der Waals surface area (Å²) >= 11 is 0. The molecule has 0 heterocycles. The second-order valence-corrected chi connectivity index (χ2v) is 4.52. The minimum Gasteiger partial charge on any atom is -0.392 e. The first-order chi connectivity index (χ1) is 6.38. The van der Waals surface area contributed by atoms with Gasteiger partial charge in [0.05, 0.1) is 6.61 Å². The summed E-state index contributed by atoms with van der Waals surface area (Å²) in [5, 5.41) is 8.54. The van der Waals surface area contributed by atoms with E-state index in [1.807, 2.05) is 30.3 Å². The van der Waals surface area contributed by atoms with Gasteiger partial charge in [0.2, 0.25) is 0 Å². The van der Waals surface area contributed by atoms with Gasteiger partial charge in [-0.1, -0.05) is 30.3 Å². The molecule has 0 radical (unpaired) electrons. The molecule has 0 atom stereocenters. The molecule has 1 N–H and O–H groups in total. The molecule has 15 heavy (non-hydrogen) atoms. The maximum Gasteiger partial charge on any atom is 1.00 e. The zero-order valence-electron chi connectivity index (χ0n) is 8.26. The molecule has 0 saturated heterocycles. The number of rotatable bonds is 1. The van der Waals surface area contributed by atoms with E-state index in [4.69, 9.17) is 5.11 Å². The Morgan fingerprint density at radius 1 is 0.933 bits per heavy atom. The van der Waals surface area contributed by atoms with Gasteiger partial charge in [0, 0.05) is 0 Å². The molecule has 90 valence electrons. The Labute approximate surface area is 83.1 Å². The Kier molecular flexibility index (Phi) is 3.45. The molecule has 0 unspecified atom stereocenters. The number of hydrogen-bond donors (Lipinski definition) is 1. The third-order valence-corrected chi connectivity index (χ3v) is 1.03. The first-order valence-electron chi connectivity index (χ1n) is 3.59. The predicted molar refractivity (Wildman–Crippen MR) is 47.0 cm³/mol. The van der Waals surface area contributed by atoms with Gasteiger partial charge in [0.15, 0.2) is 0 Å². The SMILES string of the molecule is F[P-](F)(F)(F)(F)F.OCc1ccccc1.[H+]. The molecular formula is C7H9F6OP. The van der Waals surface area contributed by atoms with Crippen molar-refractivity contribution in [1.29, 1.82) is 0 Å². The second kappa shape index (κ2) is 3.64. The summed E-state index contributed by atoms with van der Waals surface area (Å²) in [7, 11) is -10.7. The van der Waals surface area contributed by atoms with E-state index >= 15 is 0 Å². The number of aliphatic hydroxyl groups is 1. The zero-order chi connectivity index (χ0) is 12.2. The monoisotopic (exact) mass is 254 g/mol.